The first-order chi connectivity index (χ1) is 8.93. The summed E-state index contributed by atoms with van der Waals surface area (Å²) < 4.78 is 0. The number of amides is 1. The molecule has 1 saturated heterocycles. The summed E-state index contributed by atoms with van der Waals surface area (Å²) in [6.45, 7) is 3.93. The van der Waals surface area contributed by atoms with Crippen molar-refractivity contribution in [1.82, 2.24) is 4.90 Å². The highest BCUT2D eigenvalue weighted by Gasteiger charge is 2.39. The lowest BCUT2D eigenvalue weighted by atomic mass is 9.81. The zero-order chi connectivity index (χ0) is 14.2. The van der Waals surface area contributed by atoms with Crippen molar-refractivity contribution in [3.63, 3.8) is 0 Å². The van der Waals surface area contributed by atoms with Gasteiger partial charge in [0.1, 0.15) is 0 Å². The number of hydrogen-bond donors (Lipinski definition) is 1. The van der Waals surface area contributed by atoms with E-state index in [2.05, 4.69) is 0 Å². The van der Waals surface area contributed by atoms with Crippen LogP contribution in [0.3, 0.4) is 0 Å². The summed E-state index contributed by atoms with van der Waals surface area (Å²) in [4.78, 5) is 25.0. The molecule has 2 unspecified atom stereocenters. The Kier molecular flexibility index (Phi) is 3.60. The molecule has 1 aromatic rings. The number of rotatable bonds is 2. The lowest BCUT2D eigenvalue weighted by molar-refractivity contribution is -0.150. The zero-order valence-corrected chi connectivity index (χ0v) is 11.5. The van der Waals surface area contributed by atoms with E-state index >= 15 is 0 Å². The third-order valence-corrected chi connectivity index (χ3v) is 4.02. The number of carboxylic acid groups (broad SMARTS) is 1. The molecule has 1 N–H and O–H groups in total. The van der Waals surface area contributed by atoms with Crippen LogP contribution in [-0.2, 0) is 9.59 Å². The highest BCUT2D eigenvalue weighted by molar-refractivity contribution is 5.81. The third kappa shape index (κ3) is 2.35. The maximum absolute atomic E-state index is 11.9. The molecule has 0 aromatic heterocycles. The number of piperidine rings is 1. The van der Waals surface area contributed by atoms with Crippen molar-refractivity contribution < 1.29 is 14.7 Å². The second kappa shape index (κ2) is 5.03. The second-order valence-corrected chi connectivity index (χ2v) is 5.24. The molecule has 1 aromatic carbocycles. The van der Waals surface area contributed by atoms with Crippen LogP contribution >= 0.6 is 0 Å². The molecule has 0 radical (unpaired) electrons. The van der Waals surface area contributed by atoms with Crippen LogP contribution in [0.5, 0.6) is 0 Å². The lowest BCUT2D eigenvalue weighted by Gasteiger charge is -2.38. The smallest absolute Gasteiger partial charge is 0.308 e. The largest absolute Gasteiger partial charge is 0.481 e. The molecule has 1 heterocycles. The summed E-state index contributed by atoms with van der Waals surface area (Å²) in [5.74, 6) is -1.33. The fraction of sp³-hybridized carbons (Fsp3) is 0.467. The summed E-state index contributed by atoms with van der Waals surface area (Å²) in [5.41, 5.74) is 3.06. The average molecular weight is 261 g/mol. The Balaban J connectivity index is 2.53. The minimum absolute atomic E-state index is 0.0187. The van der Waals surface area contributed by atoms with Gasteiger partial charge in [-0.3, -0.25) is 9.59 Å². The van der Waals surface area contributed by atoms with E-state index in [1.165, 1.54) is 0 Å². The molecule has 0 spiro atoms. The van der Waals surface area contributed by atoms with Crippen LogP contribution in [0.4, 0.5) is 0 Å². The number of nitrogens with zero attached hydrogens (tertiary/aromatic N) is 1. The lowest BCUT2D eigenvalue weighted by Crippen LogP contribution is -2.43. The number of carbonyl (C=O) groups excluding carboxylic acids is 1. The Labute approximate surface area is 113 Å². The van der Waals surface area contributed by atoms with Crippen LogP contribution in [0.25, 0.3) is 0 Å². The Hall–Kier alpha value is -1.84. The first kappa shape index (κ1) is 13.6. The number of benzene rings is 1. The van der Waals surface area contributed by atoms with Crippen molar-refractivity contribution in [3.8, 4) is 0 Å². The number of aliphatic carboxylic acids is 1. The van der Waals surface area contributed by atoms with Gasteiger partial charge in [0.25, 0.3) is 0 Å². The Morgan fingerprint density at radius 1 is 1.32 bits per heavy atom. The maximum atomic E-state index is 11.9. The van der Waals surface area contributed by atoms with Gasteiger partial charge in [0.05, 0.1) is 12.0 Å². The number of hydrogen-bond acceptors (Lipinski definition) is 2. The molecular weight excluding hydrogens is 242 g/mol. The quantitative estimate of drug-likeness (QED) is 0.888. The number of aryl methyl sites for hydroxylation is 2. The van der Waals surface area contributed by atoms with E-state index in [0.717, 1.165) is 16.7 Å². The first-order valence-corrected chi connectivity index (χ1v) is 6.48. The van der Waals surface area contributed by atoms with Crippen LogP contribution in [0.2, 0.25) is 0 Å². The number of carboxylic acids is 1. The van der Waals surface area contributed by atoms with Crippen molar-refractivity contribution in [2.75, 3.05) is 7.05 Å². The van der Waals surface area contributed by atoms with E-state index in [-0.39, 0.29) is 11.9 Å². The van der Waals surface area contributed by atoms with Crippen LogP contribution < -0.4 is 0 Å². The van der Waals surface area contributed by atoms with Crippen molar-refractivity contribution in [2.45, 2.75) is 32.7 Å². The summed E-state index contributed by atoms with van der Waals surface area (Å²) >= 11 is 0. The van der Waals surface area contributed by atoms with Gasteiger partial charge >= 0.3 is 5.97 Å². The van der Waals surface area contributed by atoms with Gasteiger partial charge < -0.3 is 10.0 Å². The predicted octanol–water partition coefficient (Wildman–Crippen LogP) is 2.30. The van der Waals surface area contributed by atoms with E-state index in [1.54, 1.807) is 11.9 Å². The van der Waals surface area contributed by atoms with Crippen LogP contribution in [0, 0.1) is 19.8 Å². The minimum Gasteiger partial charge on any atom is -0.481 e. The molecule has 1 aliphatic rings. The van der Waals surface area contributed by atoms with Crippen molar-refractivity contribution in [3.05, 3.63) is 34.9 Å². The molecule has 4 nitrogen and oxygen atoms in total. The zero-order valence-electron chi connectivity index (χ0n) is 11.5. The van der Waals surface area contributed by atoms with Gasteiger partial charge in [-0.2, -0.15) is 0 Å². The maximum Gasteiger partial charge on any atom is 0.308 e. The SMILES string of the molecule is Cc1cccc(C)c1C1C(C(=O)O)CCC(=O)N1C. The average Bonchev–Trinajstić information content (AvgIpc) is 2.33. The highest BCUT2D eigenvalue weighted by Crippen LogP contribution is 2.38. The molecule has 2 atom stereocenters. The second-order valence-electron chi connectivity index (χ2n) is 5.24. The van der Waals surface area contributed by atoms with E-state index in [4.69, 9.17) is 0 Å². The normalized spacial score (nSPS) is 23.5. The fourth-order valence-corrected chi connectivity index (χ4v) is 2.99. The van der Waals surface area contributed by atoms with Gasteiger partial charge in [-0.15, -0.1) is 0 Å². The van der Waals surface area contributed by atoms with Crippen molar-refractivity contribution >= 4 is 11.9 Å². The van der Waals surface area contributed by atoms with Gasteiger partial charge in [0.2, 0.25) is 5.91 Å². The number of likely N-dealkylation sites (tertiary alicyclic amines) is 1. The Bertz CT molecular complexity index is 504. The molecule has 19 heavy (non-hydrogen) atoms. The van der Waals surface area contributed by atoms with E-state index in [1.807, 2.05) is 32.0 Å². The first-order valence-electron chi connectivity index (χ1n) is 6.48. The summed E-state index contributed by atoms with van der Waals surface area (Å²) in [7, 11) is 1.70. The molecule has 1 aliphatic heterocycles. The molecule has 4 heteroatoms. The molecule has 0 bridgehead atoms. The van der Waals surface area contributed by atoms with Gasteiger partial charge in [0, 0.05) is 13.5 Å². The molecule has 0 aliphatic carbocycles. The summed E-state index contributed by atoms with van der Waals surface area (Å²) in [5, 5.41) is 9.42. The van der Waals surface area contributed by atoms with E-state index < -0.39 is 11.9 Å². The third-order valence-electron chi connectivity index (χ3n) is 4.02. The monoisotopic (exact) mass is 261 g/mol. The van der Waals surface area contributed by atoms with Gasteiger partial charge in [-0.25, -0.2) is 0 Å². The van der Waals surface area contributed by atoms with Gasteiger partial charge in [0.15, 0.2) is 0 Å². The van der Waals surface area contributed by atoms with Crippen molar-refractivity contribution in [1.29, 1.82) is 0 Å². The summed E-state index contributed by atoms with van der Waals surface area (Å²) in [6, 6.07) is 5.52. The Morgan fingerprint density at radius 3 is 2.42 bits per heavy atom. The summed E-state index contributed by atoms with van der Waals surface area (Å²) in [6.07, 6.45) is 0.728. The molecule has 102 valence electrons. The topological polar surface area (TPSA) is 57.6 Å². The van der Waals surface area contributed by atoms with Gasteiger partial charge in [-0.1, -0.05) is 18.2 Å². The molecule has 1 amide bonds. The van der Waals surface area contributed by atoms with Gasteiger partial charge in [-0.05, 0) is 37.0 Å². The standard InChI is InChI=1S/C15H19NO3/c1-9-5-4-6-10(2)13(9)14-11(15(18)19)7-8-12(17)16(14)3/h4-6,11,14H,7-8H2,1-3H3,(H,18,19). The molecule has 1 fully saturated rings. The predicted molar refractivity (Wildman–Crippen MR) is 71.8 cm³/mol. The van der Waals surface area contributed by atoms with Crippen LogP contribution in [0.15, 0.2) is 18.2 Å². The molecule has 0 saturated carbocycles. The van der Waals surface area contributed by atoms with E-state index in [9.17, 15) is 14.7 Å². The highest BCUT2D eigenvalue weighted by atomic mass is 16.4. The fourth-order valence-electron chi connectivity index (χ4n) is 2.99. The molecular formula is C15H19NO3. The molecule has 2 rings (SSSR count). The van der Waals surface area contributed by atoms with E-state index in [0.29, 0.717) is 12.8 Å². The van der Waals surface area contributed by atoms with Crippen LogP contribution in [-0.4, -0.2) is 28.9 Å². The number of carbonyl (C=O) groups is 2. The minimum atomic E-state index is -0.827. The van der Waals surface area contributed by atoms with Crippen LogP contribution in [0.1, 0.15) is 35.6 Å². The Morgan fingerprint density at radius 2 is 1.89 bits per heavy atom. The van der Waals surface area contributed by atoms with Crippen molar-refractivity contribution in [2.24, 2.45) is 5.92 Å².